The molecule has 0 bridgehead atoms. The average Bonchev–Trinajstić information content (AvgIpc) is 3.06. The van der Waals surface area contributed by atoms with E-state index in [2.05, 4.69) is 13.8 Å². The van der Waals surface area contributed by atoms with Crippen LogP contribution in [0.3, 0.4) is 0 Å². The Hall–Kier alpha value is -0.570. The van der Waals surface area contributed by atoms with Crippen LogP contribution in [-0.2, 0) is 9.53 Å². The van der Waals surface area contributed by atoms with E-state index >= 15 is 0 Å². The van der Waals surface area contributed by atoms with Crippen LogP contribution in [0.4, 0.5) is 0 Å². The molecule has 4 atom stereocenters. The van der Waals surface area contributed by atoms with Gasteiger partial charge < -0.3 is 9.84 Å². The van der Waals surface area contributed by atoms with Crippen molar-refractivity contribution in [2.45, 2.75) is 77.4 Å². The lowest BCUT2D eigenvalue weighted by atomic mass is 9.64. The minimum Gasteiger partial charge on any atom is -0.481 e. The SMILES string of the molecule is CCCCCCCC1(C(=O)O)CC2OC2CC1C. The summed E-state index contributed by atoms with van der Waals surface area (Å²) in [6.45, 7) is 4.30. The summed E-state index contributed by atoms with van der Waals surface area (Å²) in [5, 5.41) is 9.64. The fourth-order valence-electron chi connectivity index (χ4n) is 3.50. The van der Waals surface area contributed by atoms with E-state index in [1.165, 1.54) is 25.7 Å². The van der Waals surface area contributed by atoms with Gasteiger partial charge in [-0.15, -0.1) is 0 Å². The molecule has 1 heterocycles. The smallest absolute Gasteiger partial charge is 0.310 e. The van der Waals surface area contributed by atoms with Gasteiger partial charge in [-0.1, -0.05) is 46.0 Å². The van der Waals surface area contributed by atoms with Crippen LogP contribution in [0.2, 0.25) is 0 Å². The van der Waals surface area contributed by atoms with Crippen LogP contribution in [0.15, 0.2) is 0 Å². The molecule has 1 saturated heterocycles. The summed E-state index contributed by atoms with van der Waals surface area (Å²) < 4.78 is 5.54. The molecule has 0 spiro atoms. The Morgan fingerprint density at radius 2 is 2.00 bits per heavy atom. The molecule has 2 rings (SSSR count). The Labute approximate surface area is 110 Å². The molecule has 2 aliphatic rings. The van der Waals surface area contributed by atoms with Crippen LogP contribution in [-0.4, -0.2) is 23.3 Å². The first-order chi connectivity index (χ1) is 8.60. The lowest BCUT2D eigenvalue weighted by Crippen LogP contribution is -2.42. The molecule has 0 aromatic heterocycles. The lowest BCUT2D eigenvalue weighted by molar-refractivity contribution is -0.154. The summed E-state index contributed by atoms with van der Waals surface area (Å²) in [6, 6.07) is 0. The molecule has 4 unspecified atom stereocenters. The van der Waals surface area contributed by atoms with Crippen LogP contribution >= 0.6 is 0 Å². The molecular weight excluding hydrogens is 228 g/mol. The van der Waals surface area contributed by atoms with E-state index in [4.69, 9.17) is 4.74 Å². The zero-order valence-corrected chi connectivity index (χ0v) is 11.7. The Morgan fingerprint density at radius 1 is 1.28 bits per heavy atom. The Balaban J connectivity index is 1.88. The molecule has 0 aromatic rings. The van der Waals surface area contributed by atoms with Gasteiger partial charge in [-0.25, -0.2) is 0 Å². The van der Waals surface area contributed by atoms with E-state index < -0.39 is 11.4 Å². The summed E-state index contributed by atoms with van der Waals surface area (Å²) in [5.41, 5.74) is -0.510. The second kappa shape index (κ2) is 5.60. The summed E-state index contributed by atoms with van der Waals surface area (Å²) in [6.07, 6.45) is 9.08. The third kappa shape index (κ3) is 2.71. The monoisotopic (exact) mass is 254 g/mol. The van der Waals surface area contributed by atoms with Crippen molar-refractivity contribution in [3.05, 3.63) is 0 Å². The number of carboxylic acid groups (broad SMARTS) is 1. The van der Waals surface area contributed by atoms with E-state index in [0.717, 1.165) is 25.7 Å². The third-order valence-corrected chi connectivity index (χ3v) is 4.93. The van der Waals surface area contributed by atoms with Gasteiger partial charge in [0.15, 0.2) is 0 Å². The van der Waals surface area contributed by atoms with E-state index in [0.29, 0.717) is 6.10 Å². The number of hydrogen-bond donors (Lipinski definition) is 1. The molecule has 1 N–H and O–H groups in total. The van der Waals surface area contributed by atoms with Gasteiger partial charge in [0.2, 0.25) is 0 Å². The van der Waals surface area contributed by atoms with Crippen LogP contribution in [0.5, 0.6) is 0 Å². The zero-order valence-electron chi connectivity index (χ0n) is 11.7. The zero-order chi connectivity index (χ0) is 13.2. The van der Waals surface area contributed by atoms with Crippen molar-refractivity contribution in [2.75, 3.05) is 0 Å². The van der Waals surface area contributed by atoms with Gasteiger partial charge in [-0.05, 0) is 25.2 Å². The highest BCUT2D eigenvalue weighted by atomic mass is 16.6. The summed E-state index contributed by atoms with van der Waals surface area (Å²) >= 11 is 0. The highest BCUT2D eigenvalue weighted by Crippen LogP contribution is 2.52. The number of ether oxygens (including phenoxy) is 1. The summed E-state index contributed by atoms with van der Waals surface area (Å²) in [5.74, 6) is -0.343. The van der Waals surface area contributed by atoms with Gasteiger partial charge in [-0.3, -0.25) is 4.79 Å². The molecular formula is C15H26O3. The fourth-order valence-corrected chi connectivity index (χ4v) is 3.50. The van der Waals surface area contributed by atoms with Crippen molar-refractivity contribution in [3.8, 4) is 0 Å². The Bertz CT molecular complexity index is 302. The lowest BCUT2D eigenvalue weighted by Gasteiger charge is -2.37. The largest absolute Gasteiger partial charge is 0.481 e. The second-order valence-corrected chi connectivity index (χ2v) is 6.18. The number of carbonyl (C=O) groups is 1. The van der Waals surface area contributed by atoms with E-state index in [-0.39, 0.29) is 12.0 Å². The number of unbranched alkanes of at least 4 members (excludes halogenated alkanes) is 4. The highest BCUT2D eigenvalue weighted by molar-refractivity contribution is 5.75. The second-order valence-electron chi connectivity index (χ2n) is 6.18. The summed E-state index contributed by atoms with van der Waals surface area (Å²) in [4.78, 5) is 11.7. The fraction of sp³-hybridized carbons (Fsp3) is 0.933. The van der Waals surface area contributed by atoms with E-state index in [1.807, 2.05) is 0 Å². The predicted molar refractivity (Wildman–Crippen MR) is 70.5 cm³/mol. The maximum Gasteiger partial charge on any atom is 0.310 e. The average molecular weight is 254 g/mol. The van der Waals surface area contributed by atoms with E-state index in [1.54, 1.807) is 0 Å². The topological polar surface area (TPSA) is 49.8 Å². The van der Waals surface area contributed by atoms with Gasteiger partial charge in [0.1, 0.15) is 0 Å². The van der Waals surface area contributed by atoms with Crippen molar-refractivity contribution in [2.24, 2.45) is 11.3 Å². The first-order valence-corrected chi connectivity index (χ1v) is 7.49. The molecule has 0 aromatic carbocycles. The molecule has 104 valence electrons. The third-order valence-electron chi connectivity index (χ3n) is 4.93. The van der Waals surface area contributed by atoms with Gasteiger partial charge in [0.25, 0.3) is 0 Å². The number of carboxylic acids is 1. The number of fused-ring (bicyclic) bond motifs is 1. The molecule has 3 heteroatoms. The van der Waals surface area contributed by atoms with Crippen molar-refractivity contribution in [1.82, 2.24) is 0 Å². The molecule has 18 heavy (non-hydrogen) atoms. The molecule has 3 nitrogen and oxygen atoms in total. The van der Waals surface area contributed by atoms with Gasteiger partial charge in [0.05, 0.1) is 17.6 Å². The van der Waals surface area contributed by atoms with Gasteiger partial charge in [-0.2, -0.15) is 0 Å². The van der Waals surface area contributed by atoms with Crippen LogP contribution < -0.4 is 0 Å². The molecule has 0 radical (unpaired) electrons. The van der Waals surface area contributed by atoms with Crippen molar-refractivity contribution in [1.29, 1.82) is 0 Å². The number of rotatable bonds is 7. The molecule has 0 amide bonds. The predicted octanol–water partition coefficient (Wildman–Crippen LogP) is 3.62. The minimum absolute atomic E-state index is 0.243. The Morgan fingerprint density at radius 3 is 2.67 bits per heavy atom. The van der Waals surface area contributed by atoms with Crippen LogP contribution in [0.1, 0.15) is 65.2 Å². The first kappa shape index (κ1) is 13.9. The summed E-state index contributed by atoms with van der Waals surface area (Å²) in [7, 11) is 0. The van der Waals surface area contributed by atoms with E-state index in [9.17, 15) is 9.90 Å². The standard InChI is InChI=1S/C15H26O3/c1-3-4-5-6-7-8-15(14(16)17)10-13-12(18-13)9-11(15)2/h11-13H,3-10H2,1-2H3,(H,16,17). The van der Waals surface area contributed by atoms with Crippen molar-refractivity contribution in [3.63, 3.8) is 0 Å². The van der Waals surface area contributed by atoms with Gasteiger partial charge in [0, 0.05) is 0 Å². The molecule has 1 aliphatic heterocycles. The van der Waals surface area contributed by atoms with Gasteiger partial charge >= 0.3 is 5.97 Å². The van der Waals surface area contributed by atoms with Crippen molar-refractivity contribution >= 4 is 5.97 Å². The minimum atomic E-state index is -0.598. The van der Waals surface area contributed by atoms with Crippen molar-refractivity contribution < 1.29 is 14.6 Å². The maximum atomic E-state index is 11.7. The molecule has 2 fully saturated rings. The number of aliphatic carboxylic acids is 1. The molecule has 1 aliphatic carbocycles. The first-order valence-electron chi connectivity index (χ1n) is 7.49. The number of hydrogen-bond acceptors (Lipinski definition) is 2. The highest BCUT2D eigenvalue weighted by Gasteiger charge is 2.57. The quantitative estimate of drug-likeness (QED) is 0.557. The van der Waals surface area contributed by atoms with Crippen LogP contribution in [0, 0.1) is 11.3 Å². The maximum absolute atomic E-state index is 11.7. The number of epoxide rings is 1. The Kier molecular flexibility index (Phi) is 4.31. The normalized spacial score (nSPS) is 38.2. The van der Waals surface area contributed by atoms with Crippen LogP contribution in [0.25, 0.3) is 0 Å². The molecule has 1 saturated carbocycles.